The number of amides is 1. The highest BCUT2D eigenvalue weighted by atomic mass is 16.2. The van der Waals surface area contributed by atoms with E-state index in [0.29, 0.717) is 0 Å². The van der Waals surface area contributed by atoms with Crippen molar-refractivity contribution in [3.05, 3.63) is 66.4 Å². The van der Waals surface area contributed by atoms with Crippen molar-refractivity contribution in [2.24, 2.45) is 0 Å². The van der Waals surface area contributed by atoms with Crippen LogP contribution in [0.5, 0.6) is 0 Å². The van der Waals surface area contributed by atoms with Gasteiger partial charge >= 0.3 is 0 Å². The van der Waals surface area contributed by atoms with Crippen LogP contribution in [0.2, 0.25) is 0 Å². The number of pyridine rings is 1. The monoisotopic (exact) mass is 349 g/mol. The van der Waals surface area contributed by atoms with Crippen molar-refractivity contribution in [3.8, 4) is 5.82 Å². The van der Waals surface area contributed by atoms with Gasteiger partial charge in [-0.05, 0) is 57.4 Å². The minimum absolute atomic E-state index is 0.0112. The third kappa shape index (κ3) is 2.81. The first-order valence-electron chi connectivity index (χ1n) is 9.00. The maximum absolute atomic E-state index is 12.9. The molecule has 6 nitrogen and oxygen atoms in total. The van der Waals surface area contributed by atoms with E-state index < -0.39 is 5.54 Å². The topological polar surface area (TPSA) is 64.7 Å². The maximum atomic E-state index is 12.9. The zero-order chi connectivity index (χ0) is 18.1. The smallest absolute Gasteiger partial charge is 0.246 e. The molecule has 1 aliphatic rings. The lowest BCUT2D eigenvalue weighted by molar-refractivity contribution is -0.129. The van der Waals surface area contributed by atoms with Gasteiger partial charge in [-0.15, -0.1) is 0 Å². The molecule has 3 aromatic rings. The number of fused-ring (bicyclic) bond motifs is 1. The molecule has 1 aliphatic carbocycles. The zero-order valence-corrected chi connectivity index (χ0v) is 15.1. The minimum Gasteiger partial charge on any atom is -0.347 e. The van der Waals surface area contributed by atoms with Crippen molar-refractivity contribution >= 4 is 5.91 Å². The van der Waals surface area contributed by atoms with Crippen LogP contribution in [-0.4, -0.2) is 25.2 Å². The molecule has 0 aliphatic heterocycles. The number of carbonyl (C=O) groups excluding carboxylic acids is 1. The summed E-state index contributed by atoms with van der Waals surface area (Å²) in [6.07, 6.45) is 10.4. The van der Waals surface area contributed by atoms with Crippen LogP contribution in [-0.2, 0) is 16.8 Å². The van der Waals surface area contributed by atoms with Gasteiger partial charge in [-0.1, -0.05) is 6.07 Å². The van der Waals surface area contributed by atoms with Crippen molar-refractivity contribution in [2.75, 3.05) is 0 Å². The van der Waals surface area contributed by atoms with E-state index in [1.165, 1.54) is 0 Å². The van der Waals surface area contributed by atoms with Crippen LogP contribution in [0.15, 0.2) is 55.1 Å². The second kappa shape index (κ2) is 6.44. The molecule has 4 rings (SSSR count). The molecule has 0 radical (unpaired) electrons. The Kier molecular flexibility index (Phi) is 4.11. The number of carbonyl (C=O) groups is 1. The molecule has 0 unspecified atom stereocenters. The molecule has 0 spiro atoms. The first-order chi connectivity index (χ1) is 12.6. The summed E-state index contributed by atoms with van der Waals surface area (Å²) >= 11 is 0. The van der Waals surface area contributed by atoms with E-state index in [1.807, 2.05) is 72.0 Å². The van der Waals surface area contributed by atoms with E-state index in [4.69, 9.17) is 0 Å². The lowest BCUT2D eigenvalue weighted by atomic mass is 9.92. The van der Waals surface area contributed by atoms with E-state index >= 15 is 0 Å². The zero-order valence-electron chi connectivity index (χ0n) is 15.1. The predicted molar refractivity (Wildman–Crippen MR) is 98.9 cm³/mol. The molecular formula is C20H23N5O. The molecule has 134 valence electrons. The summed E-state index contributed by atoms with van der Waals surface area (Å²) < 4.78 is 3.83. The van der Waals surface area contributed by atoms with Gasteiger partial charge < -0.3 is 9.88 Å². The Morgan fingerprint density at radius 2 is 2.04 bits per heavy atom. The van der Waals surface area contributed by atoms with E-state index in [0.717, 1.165) is 36.3 Å². The van der Waals surface area contributed by atoms with Gasteiger partial charge in [-0.25, -0.2) is 9.67 Å². The van der Waals surface area contributed by atoms with E-state index in [9.17, 15) is 4.79 Å². The molecule has 3 aromatic heterocycles. The third-order valence-electron chi connectivity index (χ3n) is 5.16. The lowest BCUT2D eigenvalue weighted by Crippen LogP contribution is -2.45. The lowest BCUT2D eigenvalue weighted by Gasteiger charge is -2.30. The van der Waals surface area contributed by atoms with Crippen molar-refractivity contribution in [1.29, 1.82) is 0 Å². The van der Waals surface area contributed by atoms with Crippen LogP contribution in [0.3, 0.4) is 0 Å². The van der Waals surface area contributed by atoms with Crippen molar-refractivity contribution in [2.45, 2.75) is 44.7 Å². The second-order valence-corrected chi connectivity index (χ2v) is 7.21. The average Bonchev–Trinajstić information content (AvgIpc) is 3.33. The van der Waals surface area contributed by atoms with Gasteiger partial charge in [-0.3, -0.25) is 4.79 Å². The number of rotatable bonds is 4. The Morgan fingerprint density at radius 1 is 1.23 bits per heavy atom. The Hall–Kier alpha value is -2.89. The molecule has 1 atom stereocenters. The van der Waals surface area contributed by atoms with Crippen molar-refractivity contribution in [3.63, 3.8) is 0 Å². The van der Waals surface area contributed by atoms with Gasteiger partial charge in [0.2, 0.25) is 5.91 Å². The van der Waals surface area contributed by atoms with E-state index in [1.54, 1.807) is 6.20 Å². The summed E-state index contributed by atoms with van der Waals surface area (Å²) in [6.45, 7) is 3.87. The Labute approximate surface area is 152 Å². The number of hydrogen-bond donors (Lipinski definition) is 1. The van der Waals surface area contributed by atoms with Gasteiger partial charge in [0.1, 0.15) is 5.54 Å². The van der Waals surface area contributed by atoms with Gasteiger partial charge in [0, 0.05) is 24.2 Å². The van der Waals surface area contributed by atoms with Crippen molar-refractivity contribution in [1.82, 2.24) is 24.6 Å². The fraction of sp³-hybridized carbons (Fsp3) is 0.350. The van der Waals surface area contributed by atoms with Crippen LogP contribution in [0, 0.1) is 0 Å². The summed E-state index contributed by atoms with van der Waals surface area (Å²) in [7, 11) is 0. The Bertz CT molecular complexity index is 896. The highest BCUT2D eigenvalue weighted by molar-refractivity contribution is 5.84. The van der Waals surface area contributed by atoms with E-state index in [2.05, 4.69) is 15.4 Å². The van der Waals surface area contributed by atoms with Crippen LogP contribution < -0.4 is 5.32 Å². The summed E-state index contributed by atoms with van der Waals surface area (Å²) in [4.78, 5) is 17.3. The molecule has 3 heterocycles. The third-order valence-corrected chi connectivity index (χ3v) is 5.16. The number of aromatic nitrogens is 4. The van der Waals surface area contributed by atoms with Gasteiger partial charge in [0.05, 0.1) is 17.9 Å². The van der Waals surface area contributed by atoms with Gasteiger partial charge in [0.15, 0.2) is 5.82 Å². The molecule has 0 saturated carbocycles. The number of nitrogens with one attached hydrogen (secondary N) is 1. The van der Waals surface area contributed by atoms with Crippen LogP contribution in [0.4, 0.5) is 0 Å². The largest absolute Gasteiger partial charge is 0.347 e. The molecule has 0 saturated heterocycles. The summed E-state index contributed by atoms with van der Waals surface area (Å²) in [6, 6.07) is 9.66. The van der Waals surface area contributed by atoms with E-state index in [-0.39, 0.29) is 11.9 Å². The average molecular weight is 349 g/mol. The normalized spacial score (nSPS) is 16.9. The first kappa shape index (κ1) is 16.6. The van der Waals surface area contributed by atoms with Crippen molar-refractivity contribution < 1.29 is 4.79 Å². The highest BCUT2D eigenvalue weighted by Gasteiger charge is 2.33. The molecule has 0 fully saturated rings. The fourth-order valence-electron chi connectivity index (χ4n) is 3.54. The molecule has 0 aromatic carbocycles. The van der Waals surface area contributed by atoms with Gasteiger partial charge in [-0.2, -0.15) is 5.10 Å². The van der Waals surface area contributed by atoms with Crippen LogP contribution in [0.25, 0.3) is 5.82 Å². The molecule has 6 heteroatoms. The molecule has 1 amide bonds. The molecule has 26 heavy (non-hydrogen) atoms. The first-order valence-corrected chi connectivity index (χ1v) is 9.00. The minimum atomic E-state index is -0.641. The fourth-order valence-corrected chi connectivity index (χ4v) is 3.54. The molecule has 0 bridgehead atoms. The van der Waals surface area contributed by atoms with Crippen LogP contribution in [0.1, 0.15) is 44.0 Å². The van der Waals surface area contributed by atoms with Crippen LogP contribution >= 0.6 is 0 Å². The highest BCUT2D eigenvalue weighted by Crippen LogP contribution is 2.31. The molecule has 1 N–H and O–H groups in total. The second-order valence-electron chi connectivity index (χ2n) is 7.21. The standard InChI is InChI=1S/C20H23N5O/c1-20(2,24-12-5-6-13-24)19(26)23-16-8-7-9-17-15(16)14-22-25(17)18-10-3-4-11-21-18/h3-6,10-14,16H,7-9H2,1-2H3,(H,23,26)/t16-/m0/s1. The molecular weight excluding hydrogens is 326 g/mol. The quantitative estimate of drug-likeness (QED) is 0.787. The summed E-state index contributed by atoms with van der Waals surface area (Å²) in [5, 5.41) is 7.77. The predicted octanol–water partition coefficient (Wildman–Crippen LogP) is 3.00. The Balaban J connectivity index is 1.59. The van der Waals surface area contributed by atoms with Gasteiger partial charge in [0.25, 0.3) is 0 Å². The number of nitrogens with zero attached hydrogens (tertiary/aromatic N) is 4. The summed E-state index contributed by atoms with van der Waals surface area (Å²) in [5.74, 6) is 0.825. The summed E-state index contributed by atoms with van der Waals surface area (Å²) in [5.41, 5.74) is 1.59. The maximum Gasteiger partial charge on any atom is 0.246 e. The number of hydrogen-bond acceptors (Lipinski definition) is 3. The Morgan fingerprint density at radius 3 is 2.77 bits per heavy atom. The SMILES string of the molecule is CC(C)(C(=O)N[C@H]1CCCc2c1cnn2-c1ccccn1)n1cccc1.